The lowest BCUT2D eigenvalue weighted by Crippen LogP contribution is -2.38. The summed E-state index contributed by atoms with van der Waals surface area (Å²) >= 11 is 1.51. The van der Waals surface area contributed by atoms with Crippen LogP contribution in [0.1, 0.15) is 29.0 Å². The van der Waals surface area contributed by atoms with Gasteiger partial charge in [0.25, 0.3) is 0 Å². The van der Waals surface area contributed by atoms with Gasteiger partial charge in [0.05, 0.1) is 5.56 Å². The van der Waals surface area contributed by atoms with Gasteiger partial charge in [-0.15, -0.1) is 10.2 Å². The Balaban J connectivity index is 1.53. The summed E-state index contributed by atoms with van der Waals surface area (Å²) in [5, 5.41) is 13.1. The number of hydrogen-bond donors (Lipinski definition) is 1. The normalized spacial score (nSPS) is 17.0. The Labute approximate surface area is 146 Å². The molecule has 0 bridgehead atoms. The number of aryl methyl sites for hydroxylation is 1. The number of piperidine rings is 1. The number of likely N-dealkylation sites (tertiary alicyclic amines) is 1. The van der Waals surface area contributed by atoms with Gasteiger partial charge in [0.1, 0.15) is 10.8 Å². The van der Waals surface area contributed by atoms with E-state index in [9.17, 15) is 17.6 Å². The van der Waals surface area contributed by atoms with E-state index >= 15 is 0 Å². The first-order valence-electron chi connectivity index (χ1n) is 7.96. The van der Waals surface area contributed by atoms with E-state index in [0.29, 0.717) is 18.2 Å². The molecular formula is C16H18F4N4S. The van der Waals surface area contributed by atoms with Crippen molar-refractivity contribution >= 4 is 16.5 Å². The summed E-state index contributed by atoms with van der Waals surface area (Å²) in [6, 6.07) is 3.45. The summed E-state index contributed by atoms with van der Waals surface area (Å²) in [5.41, 5.74) is -0.664. The van der Waals surface area contributed by atoms with Crippen LogP contribution in [0.4, 0.5) is 22.7 Å². The molecule has 1 aliphatic heterocycles. The van der Waals surface area contributed by atoms with Crippen LogP contribution in [-0.4, -0.2) is 34.2 Å². The highest BCUT2D eigenvalue weighted by molar-refractivity contribution is 7.15. The molecule has 136 valence electrons. The minimum atomic E-state index is -4.66. The van der Waals surface area contributed by atoms with Gasteiger partial charge in [0.15, 0.2) is 0 Å². The van der Waals surface area contributed by atoms with Crippen LogP contribution < -0.4 is 5.32 Å². The van der Waals surface area contributed by atoms with Gasteiger partial charge < -0.3 is 5.32 Å². The van der Waals surface area contributed by atoms with E-state index in [2.05, 4.69) is 20.4 Å². The molecule has 1 aliphatic rings. The van der Waals surface area contributed by atoms with Crippen molar-refractivity contribution in [2.45, 2.75) is 38.5 Å². The van der Waals surface area contributed by atoms with Crippen LogP contribution in [0.2, 0.25) is 0 Å². The first kappa shape index (κ1) is 18.1. The quantitative estimate of drug-likeness (QED) is 0.819. The summed E-state index contributed by atoms with van der Waals surface area (Å²) in [7, 11) is 0. The molecule has 0 amide bonds. The molecule has 3 rings (SSSR count). The predicted octanol–water partition coefficient (Wildman–Crippen LogP) is 4.08. The second-order valence-corrected chi connectivity index (χ2v) is 7.31. The largest absolute Gasteiger partial charge is 0.419 e. The van der Waals surface area contributed by atoms with Gasteiger partial charge in [-0.2, -0.15) is 13.2 Å². The Bertz CT molecular complexity index is 723. The van der Waals surface area contributed by atoms with E-state index in [1.165, 1.54) is 17.4 Å². The van der Waals surface area contributed by atoms with E-state index < -0.39 is 17.6 Å². The zero-order valence-corrected chi connectivity index (χ0v) is 14.4. The molecule has 2 heterocycles. The Kier molecular flexibility index (Phi) is 5.24. The second-order valence-electron chi connectivity index (χ2n) is 6.13. The average molecular weight is 374 g/mol. The van der Waals surface area contributed by atoms with Crippen LogP contribution >= 0.6 is 11.3 Å². The maximum atomic E-state index is 13.6. The first-order valence-corrected chi connectivity index (χ1v) is 8.77. The number of aromatic nitrogens is 2. The third-order valence-corrected chi connectivity index (χ3v) is 4.96. The molecule has 0 saturated carbocycles. The Hall–Kier alpha value is -1.74. The summed E-state index contributed by atoms with van der Waals surface area (Å²) in [5.74, 6) is -1.21. The molecule has 1 fully saturated rings. The minimum absolute atomic E-state index is 0.299. The van der Waals surface area contributed by atoms with Crippen LogP contribution in [-0.2, 0) is 12.7 Å². The zero-order chi connectivity index (χ0) is 18.0. The van der Waals surface area contributed by atoms with Crippen molar-refractivity contribution in [2.75, 3.05) is 18.4 Å². The molecule has 0 radical (unpaired) electrons. The smallest absolute Gasteiger partial charge is 0.357 e. The van der Waals surface area contributed by atoms with Gasteiger partial charge in [0.2, 0.25) is 5.13 Å². The Morgan fingerprint density at radius 3 is 2.52 bits per heavy atom. The number of hydrogen-bond acceptors (Lipinski definition) is 5. The SMILES string of the molecule is Cc1nnc(NC2CCN(Cc3ccc(C(F)(F)F)c(F)c3)CC2)s1. The molecule has 1 aromatic carbocycles. The van der Waals surface area contributed by atoms with Crippen molar-refractivity contribution in [3.63, 3.8) is 0 Å². The van der Waals surface area contributed by atoms with Crippen molar-refractivity contribution in [3.05, 3.63) is 40.2 Å². The fourth-order valence-corrected chi connectivity index (χ4v) is 3.58. The standard InChI is InChI=1S/C16H18F4N4S/c1-10-22-23-15(25-10)21-12-4-6-24(7-5-12)9-11-2-3-13(14(17)8-11)16(18,19)20/h2-3,8,12H,4-7,9H2,1H3,(H,21,23). The van der Waals surface area contributed by atoms with E-state index in [-0.39, 0.29) is 0 Å². The average Bonchev–Trinajstić information content (AvgIpc) is 2.93. The summed E-state index contributed by atoms with van der Waals surface area (Å²) in [4.78, 5) is 2.12. The molecule has 0 atom stereocenters. The number of halogens is 4. The Morgan fingerprint density at radius 2 is 1.96 bits per heavy atom. The van der Waals surface area contributed by atoms with Crippen molar-refractivity contribution < 1.29 is 17.6 Å². The van der Waals surface area contributed by atoms with Crippen LogP contribution in [0.5, 0.6) is 0 Å². The van der Waals surface area contributed by atoms with Crippen molar-refractivity contribution in [2.24, 2.45) is 0 Å². The highest BCUT2D eigenvalue weighted by Gasteiger charge is 2.34. The molecule has 1 aromatic heterocycles. The van der Waals surface area contributed by atoms with Gasteiger partial charge in [-0.3, -0.25) is 4.90 Å². The highest BCUT2D eigenvalue weighted by Crippen LogP contribution is 2.32. The van der Waals surface area contributed by atoms with E-state index in [1.54, 1.807) is 0 Å². The molecule has 4 nitrogen and oxygen atoms in total. The molecule has 0 spiro atoms. The van der Waals surface area contributed by atoms with E-state index in [0.717, 1.165) is 48.2 Å². The molecular weight excluding hydrogens is 356 g/mol. The molecule has 25 heavy (non-hydrogen) atoms. The monoisotopic (exact) mass is 374 g/mol. The van der Waals surface area contributed by atoms with Gasteiger partial charge in [-0.25, -0.2) is 4.39 Å². The minimum Gasteiger partial charge on any atom is -0.357 e. The fourth-order valence-electron chi connectivity index (χ4n) is 2.91. The number of nitrogens with one attached hydrogen (secondary N) is 1. The third-order valence-electron chi connectivity index (χ3n) is 4.19. The van der Waals surface area contributed by atoms with Crippen LogP contribution in [0.3, 0.4) is 0 Å². The van der Waals surface area contributed by atoms with Gasteiger partial charge in [0, 0.05) is 25.7 Å². The lowest BCUT2D eigenvalue weighted by atomic mass is 10.0. The number of alkyl halides is 3. The maximum Gasteiger partial charge on any atom is 0.419 e. The van der Waals surface area contributed by atoms with E-state index in [4.69, 9.17) is 0 Å². The topological polar surface area (TPSA) is 41.1 Å². The summed E-state index contributed by atoms with van der Waals surface area (Å²) in [6.07, 6.45) is -2.88. The van der Waals surface area contributed by atoms with Crippen LogP contribution in [0.25, 0.3) is 0 Å². The predicted molar refractivity (Wildman–Crippen MR) is 88.0 cm³/mol. The highest BCUT2D eigenvalue weighted by atomic mass is 32.1. The van der Waals surface area contributed by atoms with Gasteiger partial charge in [-0.1, -0.05) is 17.4 Å². The fraction of sp³-hybridized carbons (Fsp3) is 0.500. The maximum absolute atomic E-state index is 13.6. The van der Waals surface area contributed by atoms with E-state index in [1.807, 2.05) is 6.92 Å². The van der Waals surface area contributed by atoms with Crippen molar-refractivity contribution in [1.29, 1.82) is 0 Å². The third kappa shape index (κ3) is 4.66. The van der Waals surface area contributed by atoms with Crippen LogP contribution in [0, 0.1) is 12.7 Å². The number of anilines is 1. The number of nitrogens with zero attached hydrogens (tertiary/aromatic N) is 3. The van der Waals surface area contributed by atoms with Gasteiger partial charge >= 0.3 is 6.18 Å². The van der Waals surface area contributed by atoms with Crippen LogP contribution in [0.15, 0.2) is 18.2 Å². The number of benzene rings is 1. The molecule has 1 N–H and O–H groups in total. The Morgan fingerprint density at radius 1 is 1.24 bits per heavy atom. The van der Waals surface area contributed by atoms with Crippen molar-refractivity contribution in [3.8, 4) is 0 Å². The zero-order valence-electron chi connectivity index (χ0n) is 13.6. The van der Waals surface area contributed by atoms with Gasteiger partial charge in [-0.05, 0) is 37.5 Å². The second kappa shape index (κ2) is 7.25. The summed E-state index contributed by atoms with van der Waals surface area (Å²) in [6.45, 7) is 3.92. The molecule has 0 unspecified atom stereocenters. The summed E-state index contributed by atoms with van der Waals surface area (Å²) < 4.78 is 51.4. The molecule has 9 heteroatoms. The molecule has 2 aromatic rings. The lowest BCUT2D eigenvalue weighted by molar-refractivity contribution is -0.140. The lowest BCUT2D eigenvalue weighted by Gasteiger charge is -2.32. The first-order chi connectivity index (χ1) is 11.8. The molecule has 1 saturated heterocycles. The van der Waals surface area contributed by atoms with Crippen molar-refractivity contribution in [1.82, 2.24) is 15.1 Å². The number of rotatable bonds is 4. The molecule has 0 aliphatic carbocycles.